The van der Waals surface area contributed by atoms with Gasteiger partial charge in [0.15, 0.2) is 0 Å². The highest BCUT2D eigenvalue weighted by Crippen LogP contribution is 2.35. The molecule has 0 spiro atoms. The number of carbonyl (C=O) groups excluding carboxylic acids is 2. The summed E-state index contributed by atoms with van der Waals surface area (Å²) in [6, 6.07) is 14.8. The number of carbonyl (C=O) groups is 2. The van der Waals surface area contributed by atoms with Crippen molar-refractivity contribution in [2.75, 3.05) is 24.5 Å². The molecule has 0 atom stereocenters. The fourth-order valence-electron chi connectivity index (χ4n) is 2.81. The molecule has 0 unspecified atom stereocenters. The predicted molar refractivity (Wildman–Crippen MR) is 112 cm³/mol. The number of anilines is 3. The third kappa shape index (κ3) is 4.56. The Morgan fingerprint density at radius 3 is 2.42 bits per heavy atom. The zero-order chi connectivity index (χ0) is 22.4. The van der Waals surface area contributed by atoms with Crippen molar-refractivity contribution in [3.8, 4) is 0 Å². The molecule has 0 aliphatic carbocycles. The molecule has 11 heteroatoms. The largest absolute Gasteiger partial charge is 0.465 e. The lowest BCUT2D eigenvalue weighted by Gasteiger charge is -2.21. The van der Waals surface area contributed by atoms with E-state index in [0.29, 0.717) is 11.3 Å². The Bertz CT molecular complexity index is 1120. The highest BCUT2D eigenvalue weighted by Gasteiger charge is 2.28. The summed E-state index contributed by atoms with van der Waals surface area (Å²) >= 11 is 0. The molecule has 0 fully saturated rings. The Kier molecular flexibility index (Phi) is 6.36. The average molecular weight is 422 g/mol. The molecule has 31 heavy (non-hydrogen) atoms. The molecule has 3 aromatic rings. The summed E-state index contributed by atoms with van der Waals surface area (Å²) in [5.74, 6) is -1.42. The summed E-state index contributed by atoms with van der Waals surface area (Å²) in [6.45, 7) is 0. The van der Waals surface area contributed by atoms with Crippen LogP contribution in [0.3, 0.4) is 0 Å². The first-order valence-electron chi connectivity index (χ1n) is 8.96. The number of ether oxygens (including phenoxy) is 1. The zero-order valence-corrected chi connectivity index (χ0v) is 16.6. The Morgan fingerprint density at radius 2 is 1.74 bits per heavy atom. The van der Waals surface area contributed by atoms with Gasteiger partial charge in [-0.2, -0.15) is 0 Å². The Labute approximate surface area is 176 Å². The van der Waals surface area contributed by atoms with E-state index < -0.39 is 22.5 Å². The summed E-state index contributed by atoms with van der Waals surface area (Å²) < 4.78 is 4.78. The number of esters is 1. The lowest BCUT2D eigenvalue weighted by Crippen LogP contribution is -2.30. The molecule has 11 nitrogen and oxygen atoms in total. The van der Waals surface area contributed by atoms with E-state index in [1.165, 1.54) is 25.1 Å². The minimum Gasteiger partial charge on any atom is -0.465 e. The van der Waals surface area contributed by atoms with Gasteiger partial charge in [-0.1, -0.05) is 30.3 Å². The van der Waals surface area contributed by atoms with Crippen LogP contribution in [0.2, 0.25) is 0 Å². The first-order chi connectivity index (χ1) is 14.9. The molecule has 0 aliphatic heterocycles. The van der Waals surface area contributed by atoms with Crippen molar-refractivity contribution in [3.63, 3.8) is 0 Å². The minimum atomic E-state index is -0.677. The van der Waals surface area contributed by atoms with Crippen LogP contribution in [-0.2, 0) is 4.74 Å². The smallest absolute Gasteiger partial charge is 0.355 e. The molecule has 0 saturated heterocycles. The minimum absolute atomic E-state index is 0.0900. The molecule has 1 heterocycles. The van der Waals surface area contributed by atoms with Gasteiger partial charge in [-0.3, -0.25) is 25.8 Å². The van der Waals surface area contributed by atoms with Gasteiger partial charge < -0.3 is 9.64 Å². The molecule has 0 bridgehead atoms. The number of methoxy groups -OCH3 is 1. The maximum Gasteiger partial charge on any atom is 0.355 e. The number of hydrogen-bond acceptors (Lipinski definition) is 9. The van der Waals surface area contributed by atoms with Crippen LogP contribution in [-0.4, -0.2) is 40.9 Å². The van der Waals surface area contributed by atoms with Crippen LogP contribution in [0.25, 0.3) is 0 Å². The number of hydrogen-bond donors (Lipinski definition) is 2. The van der Waals surface area contributed by atoms with Crippen molar-refractivity contribution >= 4 is 34.9 Å². The van der Waals surface area contributed by atoms with E-state index in [1.807, 2.05) is 0 Å². The van der Waals surface area contributed by atoms with Gasteiger partial charge in [-0.15, -0.1) is 0 Å². The number of hydrazine groups is 1. The molecule has 0 radical (unpaired) electrons. The van der Waals surface area contributed by atoms with E-state index >= 15 is 0 Å². The van der Waals surface area contributed by atoms with Crippen LogP contribution < -0.4 is 15.8 Å². The molecule has 0 saturated carbocycles. The van der Waals surface area contributed by atoms with Crippen molar-refractivity contribution in [1.82, 2.24) is 15.4 Å². The maximum atomic E-state index is 12.2. The quantitative estimate of drug-likeness (QED) is 0.334. The third-order valence-corrected chi connectivity index (χ3v) is 4.30. The van der Waals surface area contributed by atoms with E-state index in [-0.39, 0.29) is 17.2 Å². The summed E-state index contributed by atoms with van der Waals surface area (Å²) in [6.07, 6.45) is 1.11. The first-order valence-corrected chi connectivity index (χ1v) is 8.96. The van der Waals surface area contributed by atoms with Crippen molar-refractivity contribution in [1.29, 1.82) is 0 Å². The van der Waals surface area contributed by atoms with Gasteiger partial charge in [0, 0.05) is 12.6 Å². The summed E-state index contributed by atoms with van der Waals surface area (Å²) in [5, 5.41) is 11.8. The number of nitro groups is 1. The monoisotopic (exact) mass is 422 g/mol. The molecule has 1 amide bonds. The molecule has 158 valence electrons. The molecule has 2 N–H and O–H groups in total. The maximum absolute atomic E-state index is 12.2. The van der Waals surface area contributed by atoms with E-state index in [9.17, 15) is 19.7 Å². The molecule has 0 aliphatic rings. The summed E-state index contributed by atoms with van der Waals surface area (Å²) in [4.78, 5) is 44.7. The van der Waals surface area contributed by atoms with E-state index in [0.717, 1.165) is 6.33 Å². The standard InChI is InChI=1S/C20H18N6O5/c1-25(15-11-7-6-10-14(15)20(28)31-2)18-16(26(29)30)17(21-12-22-18)23-24-19(27)13-8-4-3-5-9-13/h3-12H,1-2H3,(H,24,27)(H,21,22,23). The van der Waals surface area contributed by atoms with Crippen LogP contribution in [0, 0.1) is 10.1 Å². The van der Waals surface area contributed by atoms with Gasteiger partial charge in [-0.05, 0) is 24.3 Å². The molecule has 3 rings (SSSR count). The van der Waals surface area contributed by atoms with Crippen LogP contribution in [0.15, 0.2) is 60.9 Å². The molecular formula is C20H18N6O5. The van der Waals surface area contributed by atoms with Crippen molar-refractivity contribution in [2.24, 2.45) is 0 Å². The van der Waals surface area contributed by atoms with Gasteiger partial charge in [-0.25, -0.2) is 14.8 Å². The van der Waals surface area contributed by atoms with Crippen LogP contribution in [0.4, 0.5) is 23.0 Å². The third-order valence-electron chi connectivity index (χ3n) is 4.30. The first kappa shape index (κ1) is 21.2. The highest BCUT2D eigenvalue weighted by molar-refractivity contribution is 5.97. The molecule has 1 aromatic heterocycles. The average Bonchev–Trinajstić information content (AvgIpc) is 2.81. The second kappa shape index (κ2) is 9.31. The summed E-state index contributed by atoms with van der Waals surface area (Å²) in [7, 11) is 2.76. The second-order valence-corrected chi connectivity index (χ2v) is 6.16. The Hall–Kier alpha value is -4.54. The van der Waals surface area contributed by atoms with Crippen LogP contribution >= 0.6 is 0 Å². The fraction of sp³-hybridized carbons (Fsp3) is 0.100. The summed E-state index contributed by atoms with van der Waals surface area (Å²) in [5.41, 5.74) is 5.27. The molecular weight excluding hydrogens is 404 g/mol. The van der Waals surface area contributed by atoms with Crippen LogP contribution in [0.5, 0.6) is 0 Å². The van der Waals surface area contributed by atoms with Crippen molar-refractivity contribution in [2.45, 2.75) is 0 Å². The predicted octanol–water partition coefficient (Wildman–Crippen LogP) is 2.70. The van der Waals surface area contributed by atoms with E-state index in [2.05, 4.69) is 20.8 Å². The Morgan fingerprint density at radius 1 is 1.06 bits per heavy atom. The number of nitrogens with zero attached hydrogens (tertiary/aromatic N) is 4. The zero-order valence-electron chi connectivity index (χ0n) is 16.6. The van der Waals surface area contributed by atoms with Crippen LogP contribution in [0.1, 0.15) is 20.7 Å². The number of rotatable bonds is 7. The Balaban J connectivity index is 1.95. The van der Waals surface area contributed by atoms with Gasteiger partial charge >= 0.3 is 11.7 Å². The lowest BCUT2D eigenvalue weighted by molar-refractivity contribution is -0.383. The molecule has 2 aromatic carbocycles. The number of nitrogens with one attached hydrogen (secondary N) is 2. The lowest BCUT2D eigenvalue weighted by atomic mass is 10.1. The highest BCUT2D eigenvalue weighted by atomic mass is 16.6. The topological polar surface area (TPSA) is 140 Å². The van der Waals surface area contributed by atoms with Gasteiger partial charge in [0.2, 0.25) is 11.6 Å². The van der Waals surface area contributed by atoms with E-state index in [4.69, 9.17) is 4.74 Å². The second-order valence-electron chi connectivity index (χ2n) is 6.16. The SMILES string of the molecule is COC(=O)c1ccccc1N(C)c1ncnc(NNC(=O)c2ccccc2)c1[N+](=O)[O-]. The number of amides is 1. The number of benzene rings is 2. The van der Waals surface area contributed by atoms with Gasteiger partial charge in [0.05, 0.1) is 23.3 Å². The van der Waals surface area contributed by atoms with Gasteiger partial charge in [0.25, 0.3) is 5.91 Å². The van der Waals surface area contributed by atoms with Crippen molar-refractivity contribution < 1.29 is 19.2 Å². The number of para-hydroxylation sites is 1. The number of aromatic nitrogens is 2. The fourth-order valence-corrected chi connectivity index (χ4v) is 2.81. The van der Waals surface area contributed by atoms with Crippen molar-refractivity contribution in [3.05, 3.63) is 82.2 Å². The van der Waals surface area contributed by atoms with Gasteiger partial charge in [0.1, 0.15) is 6.33 Å². The normalized spacial score (nSPS) is 10.1. The van der Waals surface area contributed by atoms with E-state index in [1.54, 1.807) is 48.5 Å².